The van der Waals surface area contributed by atoms with Gasteiger partial charge in [-0.3, -0.25) is 4.79 Å². The molecule has 0 radical (unpaired) electrons. The zero-order valence-electron chi connectivity index (χ0n) is 16.5. The Labute approximate surface area is 172 Å². The van der Waals surface area contributed by atoms with Crippen molar-refractivity contribution in [2.75, 3.05) is 11.9 Å². The number of rotatable bonds is 9. The molecule has 5 N–H and O–H groups in total. The number of benzene rings is 1. The predicted molar refractivity (Wildman–Crippen MR) is 103 cm³/mol. The van der Waals surface area contributed by atoms with Gasteiger partial charge in [-0.05, 0) is 38.0 Å². The van der Waals surface area contributed by atoms with E-state index in [0.29, 0.717) is 12.8 Å². The van der Waals surface area contributed by atoms with Crippen molar-refractivity contribution in [3.8, 4) is 5.75 Å². The van der Waals surface area contributed by atoms with Crippen molar-refractivity contribution in [2.24, 2.45) is 0 Å². The molecule has 1 heterocycles. The van der Waals surface area contributed by atoms with Gasteiger partial charge in [0.2, 0.25) is 12.2 Å². The Balaban J connectivity index is 2.11. The van der Waals surface area contributed by atoms with Crippen molar-refractivity contribution < 1.29 is 43.5 Å². The minimum atomic E-state index is -2.97. The molecular formula is C20H27F2NO7. The number of hydrogen-bond donors (Lipinski definition) is 5. The number of aliphatic hydroxyl groups is 4. The summed E-state index contributed by atoms with van der Waals surface area (Å²) in [6.07, 6.45) is -9.36. The zero-order chi connectivity index (χ0) is 22.4. The maximum absolute atomic E-state index is 13.5. The van der Waals surface area contributed by atoms with E-state index in [-0.39, 0.29) is 23.8 Å². The number of hydrogen-bond acceptors (Lipinski definition) is 7. The number of carbonyl (C=O) groups is 1. The molecule has 1 aromatic rings. The van der Waals surface area contributed by atoms with Crippen LogP contribution in [-0.2, 0) is 9.53 Å². The Hall–Kier alpha value is -2.11. The van der Waals surface area contributed by atoms with Gasteiger partial charge in [-0.25, -0.2) is 8.78 Å². The fraction of sp³-hybridized carbons (Fsp3) is 0.550. The molecule has 8 nitrogen and oxygen atoms in total. The lowest BCUT2D eigenvalue weighted by atomic mass is 9.99. The third-order valence-electron chi connectivity index (χ3n) is 4.63. The zero-order valence-corrected chi connectivity index (χ0v) is 16.5. The minimum absolute atomic E-state index is 0.145. The summed E-state index contributed by atoms with van der Waals surface area (Å²) < 4.78 is 37.5. The first kappa shape index (κ1) is 24.2. The molecule has 0 spiro atoms. The molecule has 1 aliphatic rings. The van der Waals surface area contributed by atoms with Gasteiger partial charge in [0.1, 0.15) is 30.2 Å². The van der Waals surface area contributed by atoms with Crippen molar-refractivity contribution >= 4 is 11.6 Å². The van der Waals surface area contributed by atoms with Crippen LogP contribution in [0.15, 0.2) is 30.4 Å². The van der Waals surface area contributed by atoms with Gasteiger partial charge >= 0.3 is 0 Å². The van der Waals surface area contributed by atoms with Crippen LogP contribution in [0.1, 0.15) is 38.2 Å². The summed E-state index contributed by atoms with van der Waals surface area (Å²) in [4.78, 5) is 12.0. The molecule has 2 rings (SSSR count). The Morgan fingerprint density at radius 3 is 2.53 bits per heavy atom. The van der Waals surface area contributed by atoms with Crippen molar-refractivity contribution in [1.82, 2.24) is 0 Å². The van der Waals surface area contributed by atoms with Crippen LogP contribution < -0.4 is 10.1 Å². The van der Waals surface area contributed by atoms with Gasteiger partial charge in [0.25, 0.3) is 6.43 Å². The monoisotopic (exact) mass is 431 g/mol. The fourth-order valence-corrected chi connectivity index (χ4v) is 2.97. The topological polar surface area (TPSA) is 128 Å². The molecule has 1 saturated heterocycles. The van der Waals surface area contributed by atoms with E-state index in [1.165, 1.54) is 12.1 Å². The summed E-state index contributed by atoms with van der Waals surface area (Å²) in [6, 6.07) is 3.56. The quantitative estimate of drug-likeness (QED) is 0.375. The van der Waals surface area contributed by atoms with Crippen LogP contribution in [0.2, 0.25) is 0 Å². The summed E-state index contributed by atoms with van der Waals surface area (Å²) in [6.45, 7) is 4.92. The Morgan fingerprint density at radius 2 is 1.93 bits per heavy atom. The highest BCUT2D eigenvalue weighted by Gasteiger charge is 2.45. The van der Waals surface area contributed by atoms with Gasteiger partial charge in [0.15, 0.2) is 0 Å². The number of allylic oxidation sites excluding steroid dienone is 1. The van der Waals surface area contributed by atoms with Gasteiger partial charge in [-0.15, -0.1) is 6.58 Å². The lowest BCUT2D eigenvalue weighted by molar-refractivity contribution is -0.277. The number of halogens is 2. The number of amides is 1. The highest BCUT2D eigenvalue weighted by molar-refractivity contribution is 5.90. The van der Waals surface area contributed by atoms with E-state index < -0.39 is 49.3 Å². The molecule has 1 fully saturated rings. The van der Waals surface area contributed by atoms with Crippen LogP contribution in [0.3, 0.4) is 0 Å². The van der Waals surface area contributed by atoms with Crippen molar-refractivity contribution in [3.63, 3.8) is 0 Å². The van der Waals surface area contributed by atoms with E-state index in [1.54, 1.807) is 0 Å². The average molecular weight is 431 g/mol. The Bertz CT molecular complexity index is 744. The first-order valence-corrected chi connectivity index (χ1v) is 9.47. The van der Waals surface area contributed by atoms with Gasteiger partial charge in [-0.2, -0.15) is 0 Å². The number of ether oxygens (including phenoxy) is 2. The highest BCUT2D eigenvalue weighted by atomic mass is 19.3. The number of anilines is 1. The average Bonchev–Trinajstić information content (AvgIpc) is 2.68. The molecule has 0 aliphatic carbocycles. The molecule has 1 amide bonds. The van der Waals surface area contributed by atoms with Crippen molar-refractivity contribution in [1.29, 1.82) is 0 Å². The summed E-state index contributed by atoms with van der Waals surface area (Å²) in [5.41, 5.74) is 0.524. The molecule has 10 heteroatoms. The Kier molecular flexibility index (Phi) is 8.68. The second-order valence-corrected chi connectivity index (χ2v) is 7.23. The first-order valence-electron chi connectivity index (χ1n) is 9.47. The lowest BCUT2D eigenvalue weighted by Gasteiger charge is -2.39. The van der Waals surface area contributed by atoms with Gasteiger partial charge in [-0.1, -0.05) is 5.57 Å². The van der Waals surface area contributed by atoms with Gasteiger partial charge in [0.05, 0.1) is 12.2 Å². The molecule has 0 saturated carbocycles. The van der Waals surface area contributed by atoms with Crippen LogP contribution in [0.4, 0.5) is 14.5 Å². The second-order valence-electron chi connectivity index (χ2n) is 7.23. The van der Waals surface area contributed by atoms with E-state index in [4.69, 9.17) is 9.47 Å². The molecule has 2 unspecified atom stereocenters. The first-order chi connectivity index (χ1) is 14.1. The maximum atomic E-state index is 13.5. The van der Waals surface area contributed by atoms with Crippen LogP contribution in [0.25, 0.3) is 0 Å². The van der Waals surface area contributed by atoms with Crippen molar-refractivity contribution in [2.45, 2.75) is 63.3 Å². The summed E-state index contributed by atoms with van der Waals surface area (Å²) in [7, 11) is 0. The molecule has 168 valence electrons. The second kappa shape index (κ2) is 10.8. The standard InChI is InChI=1S/C20H27F2NO7/c1-10(2)4-3-5-15(25)23-11-6-7-13(12(8-11)19(21)22)29-20-18(28)17(27)16(26)14(9-24)30-20/h6-8,14,16-20,24,26-28H,1,3-5,9H2,2H3,(H,23,25)/t14?,16-,17-,18?,20+/m0/s1. The highest BCUT2D eigenvalue weighted by Crippen LogP contribution is 2.34. The van der Waals surface area contributed by atoms with E-state index in [2.05, 4.69) is 11.9 Å². The number of nitrogens with one attached hydrogen (secondary N) is 1. The maximum Gasteiger partial charge on any atom is 0.267 e. The van der Waals surface area contributed by atoms with E-state index in [9.17, 15) is 34.0 Å². The largest absolute Gasteiger partial charge is 0.461 e. The summed E-state index contributed by atoms with van der Waals surface area (Å²) in [5.74, 6) is -0.673. The van der Waals surface area contributed by atoms with E-state index in [0.717, 1.165) is 11.6 Å². The van der Waals surface area contributed by atoms with Crippen LogP contribution in [0.5, 0.6) is 5.75 Å². The SMILES string of the molecule is C=C(C)CCCC(=O)Nc1ccc(O[C@@H]2OC(CO)[C@H](O)[C@H](O)C2O)c(C(F)F)c1. The molecule has 0 bridgehead atoms. The third kappa shape index (κ3) is 6.19. The van der Waals surface area contributed by atoms with E-state index in [1.807, 2.05) is 6.92 Å². The summed E-state index contributed by atoms with van der Waals surface area (Å²) in [5, 5.41) is 41.3. The van der Waals surface area contributed by atoms with Crippen LogP contribution in [-0.4, -0.2) is 63.6 Å². The minimum Gasteiger partial charge on any atom is -0.461 e. The number of aliphatic hydroxyl groups excluding tert-OH is 4. The van der Waals surface area contributed by atoms with Crippen LogP contribution in [0, 0.1) is 0 Å². The molecule has 1 aliphatic heterocycles. The fourth-order valence-electron chi connectivity index (χ4n) is 2.97. The number of carbonyl (C=O) groups excluding carboxylic acids is 1. The Morgan fingerprint density at radius 1 is 1.23 bits per heavy atom. The number of alkyl halides is 2. The molecule has 1 aromatic carbocycles. The third-order valence-corrected chi connectivity index (χ3v) is 4.63. The van der Waals surface area contributed by atoms with Crippen molar-refractivity contribution in [3.05, 3.63) is 35.9 Å². The summed E-state index contributed by atoms with van der Waals surface area (Å²) >= 11 is 0. The molecule has 30 heavy (non-hydrogen) atoms. The van der Waals surface area contributed by atoms with E-state index >= 15 is 0 Å². The van der Waals surface area contributed by atoms with Crippen LogP contribution >= 0.6 is 0 Å². The molecular weight excluding hydrogens is 404 g/mol. The van der Waals surface area contributed by atoms with Gasteiger partial charge in [0, 0.05) is 12.1 Å². The predicted octanol–water partition coefficient (Wildman–Crippen LogP) is 1.49. The smallest absolute Gasteiger partial charge is 0.267 e. The molecule has 5 atom stereocenters. The lowest BCUT2D eigenvalue weighted by Crippen LogP contribution is -2.60. The molecule has 0 aromatic heterocycles. The van der Waals surface area contributed by atoms with Gasteiger partial charge < -0.3 is 35.2 Å². The normalized spacial score (nSPS) is 26.5.